The molecule has 30 heavy (non-hydrogen) atoms. The fourth-order valence-electron chi connectivity index (χ4n) is 2.94. The molecule has 4 aromatic rings. The molecule has 1 amide bonds. The molecule has 0 aliphatic carbocycles. The van der Waals surface area contributed by atoms with Crippen LogP contribution >= 0.6 is 11.6 Å². The quantitative estimate of drug-likeness (QED) is 0.447. The minimum Gasteiger partial charge on any atom is -0.487 e. The van der Waals surface area contributed by atoms with Gasteiger partial charge in [-0.3, -0.25) is 4.79 Å². The molecule has 0 spiro atoms. The number of aromatic nitrogens is 2. The van der Waals surface area contributed by atoms with Crippen LogP contribution < -0.4 is 10.1 Å². The lowest BCUT2D eigenvalue weighted by molar-refractivity contribution is -0.121. The molecule has 152 valence electrons. The number of nitrogens with one attached hydrogen (secondary N) is 1. The Kier molecular flexibility index (Phi) is 6.27. The van der Waals surface area contributed by atoms with Gasteiger partial charge in [-0.2, -0.15) is 0 Å². The smallest absolute Gasteiger partial charge is 0.250 e. The van der Waals surface area contributed by atoms with Crippen molar-refractivity contribution in [3.63, 3.8) is 0 Å². The molecular formula is C23H20ClN3O3. The van der Waals surface area contributed by atoms with Crippen LogP contribution in [0.2, 0.25) is 5.02 Å². The molecule has 0 aliphatic heterocycles. The summed E-state index contributed by atoms with van der Waals surface area (Å²) in [6.45, 7) is 0.535. The van der Waals surface area contributed by atoms with Crippen molar-refractivity contribution in [1.82, 2.24) is 9.38 Å². The number of rotatable bonds is 8. The maximum Gasteiger partial charge on any atom is 0.250 e. The van der Waals surface area contributed by atoms with Crippen molar-refractivity contribution in [2.45, 2.75) is 13.2 Å². The Morgan fingerprint density at radius 2 is 1.90 bits per heavy atom. The first-order valence-electron chi connectivity index (χ1n) is 9.44. The second-order valence-electron chi connectivity index (χ2n) is 6.65. The van der Waals surface area contributed by atoms with E-state index in [0.717, 1.165) is 16.9 Å². The molecule has 4 rings (SSSR count). The van der Waals surface area contributed by atoms with E-state index in [-0.39, 0.29) is 19.1 Å². The molecule has 0 unspecified atom stereocenters. The molecule has 2 heterocycles. The van der Waals surface area contributed by atoms with E-state index in [9.17, 15) is 4.79 Å². The van der Waals surface area contributed by atoms with Crippen LogP contribution in [0.5, 0.6) is 5.75 Å². The highest BCUT2D eigenvalue weighted by Gasteiger charge is 2.07. The number of carbonyl (C=O) groups excluding carboxylic acids is 1. The number of carbonyl (C=O) groups is 1. The minimum atomic E-state index is -0.250. The molecule has 0 radical (unpaired) electrons. The molecule has 7 heteroatoms. The summed E-state index contributed by atoms with van der Waals surface area (Å²) in [6, 6.07) is 20.4. The lowest BCUT2D eigenvalue weighted by Gasteiger charge is -2.09. The van der Waals surface area contributed by atoms with Crippen molar-refractivity contribution in [3.8, 4) is 5.75 Å². The Bertz CT molecular complexity index is 1130. The molecule has 0 atom stereocenters. The van der Waals surface area contributed by atoms with Crippen molar-refractivity contribution in [3.05, 3.63) is 95.4 Å². The average molecular weight is 422 g/mol. The van der Waals surface area contributed by atoms with Gasteiger partial charge < -0.3 is 19.2 Å². The Morgan fingerprint density at radius 3 is 2.77 bits per heavy atom. The third kappa shape index (κ3) is 5.17. The molecule has 0 aliphatic rings. The minimum absolute atomic E-state index is 0.0719. The molecule has 0 bridgehead atoms. The summed E-state index contributed by atoms with van der Waals surface area (Å²) in [4.78, 5) is 16.7. The van der Waals surface area contributed by atoms with E-state index in [0.29, 0.717) is 23.1 Å². The van der Waals surface area contributed by atoms with Gasteiger partial charge in [0.15, 0.2) is 0 Å². The Morgan fingerprint density at radius 1 is 1.03 bits per heavy atom. The summed E-state index contributed by atoms with van der Waals surface area (Å²) in [6.07, 6.45) is 3.87. The van der Waals surface area contributed by atoms with Crippen LogP contribution in [0.15, 0.2) is 79.1 Å². The van der Waals surface area contributed by atoms with Gasteiger partial charge in [0.25, 0.3) is 0 Å². The highest BCUT2D eigenvalue weighted by molar-refractivity contribution is 6.31. The number of amides is 1. The van der Waals surface area contributed by atoms with E-state index in [4.69, 9.17) is 21.1 Å². The number of hydrogen-bond donors (Lipinski definition) is 1. The van der Waals surface area contributed by atoms with Gasteiger partial charge in [-0.15, -0.1) is 0 Å². The highest BCUT2D eigenvalue weighted by atomic mass is 35.5. The molecule has 0 fully saturated rings. The zero-order valence-corrected chi connectivity index (χ0v) is 16.9. The molecule has 0 saturated heterocycles. The normalized spacial score (nSPS) is 10.8. The fourth-order valence-corrected chi connectivity index (χ4v) is 3.13. The van der Waals surface area contributed by atoms with Gasteiger partial charge in [0.05, 0.1) is 12.3 Å². The van der Waals surface area contributed by atoms with Crippen molar-refractivity contribution >= 4 is 28.8 Å². The fraction of sp³-hybridized carbons (Fsp3) is 0.130. The van der Waals surface area contributed by atoms with Crippen molar-refractivity contribution in [2.75, 3.05) is 11.9 Å². The Balaban J connectivity index is 1.28. The molecule has 2 aromatic heterocycles. The predicted molar refractivity (Wildman–Crippen MR) is 116 cm³/mol. The predicted octanol–water partition coefficient (Wildman–Crippen LogP) is 4.72. The van der Waals surface area contributed by atoms with E-state index in [1.165, 1.54) is 0 Å². The van der Waals surface area contributed by atoms with E-state index in [1.807, 2.05) is 65.3 Å². The van der Waals surface area contributed by atoms with Gasteiger partial charge in [-0.25, -0.2) is 4.98 Å². The second kappa shape index (κ2) is 9.43. The zero-order chi connectivity index (χ0) is 20.8. The van der Waals surface area contributed by atoms with Crippen molar-refractivity contribution in [1.29, 1.82) is 0 Å². The number of nitrogens with zero attached hydrogens (tertiary/aromatic N) is 2. The van der Waals surface area contributed by atoms with E-state index < -0.39 is 0 Å². The summed E-state index contributed by atoms with van der Waals surface area (Å²) in [7, 11) is 0. The topological polar surface area (TPSA) is 64.9 Å². The van der Waals surface area contributed by atoms with Gasteiger partial charge in [0, 0.05) is 29.2 Å². The SMILES string of the molecule is O=C(COCc1ccccc1Cl)Nc1cccc(OCc2cn3ccccc3n2)c1. The number of hydrogen-bond acceptors (Lipinski definition) is 4. The van der Waals surface area contributed by atoms with Crippen molar-refractivity contribution < 1.29 is 14.3 Å². The van der Waals surface area contributed by atoms with Gasteiger partial charge in [0.2, 0.25) is 5.91 Å². The van der Waals surface area contributed by atoms with Crippen LogP contribution in [-0.2, 0) is 22.7 Å². The number of halogens is 1. The maximum atomic E-state index is 12.2. The summed E-state index contributed by atoms with van der Waals surface area (Å²) in [5.74, 6) is 0.390. The number of benzene rings is 2. The number of anilines is 1. The van der Waals surface area contributed by atoms with Gasteiger partial charge in [-0.1, -0.05) is 41.9 Å². The van der Waals surface area contributed by atoms with Crippen molar-refractivity contribution in [2.24, 2.45) is 0 Å². The molecule has 1 N–H and O–H groups in total. The van der Waals surface area contributed by atoms with Crippen LogP contribution in [-0.4, -0.2) is 21.9 Å². The first kappa shape index (κ1) is 19.9. The van der Waals surface area contributed by atoms with Gasteiger partial charge >= 0.3 is 0 Å². The lowest BCUT2D eigenvalue weighted by atomic mass is 10.2. The third-order valence-corrected chi connectivity index (χ3v) is 4.74. The lowest BCUT2D eigenvalue weighted by Crippen LogP contribution is -2.18. The van der Waals surface area contributed by atoms with E-state index >= 15 is 0 Å². The summed E-state index contributed by atoms with van der Waals surface area (Å²) in [5.41, 5.74) is 3.17. The largest absolute Gasteiger partial charge is 0.487 e. The average Bonchev–Trinajstić information content (AvgIpc) is 3.17. The number of fused-ring (bicyclic) bond motifs is 1. The summed E-state index contributed by atoms with van der Waals surface area (Å²) < 4.78 is 13.2. The number of pyridine rings is 1. The second-order valence-corrected chi connectivity index (χ2v) is 7.05. The Hall–Kier alpha value is -3.35. The summed E-state index contributed by atoms with van der Waals surface area (Å²) in [5, 5.41) is 3.43. The van der Waals surface area contributed by atoms with Crippen LogP contribution in [0.3, 0.4) is 0 Å². The van der Waals surface area contributed by atoms with Gasteiger partial charge in [-0.05, 0) is 35.9 Å². The highest BCUT2D eigenvalue weighted by Crippen LogP contribution is 2.19. The van der Waals surface area contributed by atoms with Crippen LogP contribution in [0, 0.1) is 0 Å². The Labute approximate surface area is 179 Å². The molecule has 0 saturated carbocycles. The van der Waals surface area contributed by atoms with E-state index in [1.54, 1.807) is 18.2 Å². The van der Waals surface area contributed by atoms with Crippen LogP contribution in [0.1, 0.15) is 11.3 Å². The first-order chi connectivity index (χ1) is 14.7. The van der Waals surface area contributed by atoms with Gasteiger partial charge in [0.1, 0.15) is 24.6 Å². The molecular weight excluding hydrogens is 402 g/mol. The van der Waals surface area contributed by atoms with E-state index in [2.05, 4.69) is 10.3 Å². The van der Waals surface area contributed by atoms with Crippen LogP contribution in [0.4, 0.5) is 5.69 Å². The zero-order valence-electron chi connectivity index (χ0n) is 16.1. The number of imidazole rings is 1. The molecule has 2 aromatic carbocycles. The monoisotopic (exact) mass is 421 g/mol. The molecule has 6 nitrogen and oxygen atoms in total. The van der Waals surface area contributed by atoms with Crippen LogP contribution in [0.25, 0.3) is 5.65 Å². The maximum absolute atomic E-state index is 12.2. The third-order valence-electron chi connectivity index (χ3n) is 4.37. The standard InChI is InChI=1S/C23H20ClN3O3/c24-21-9-2-1-6-17(21)14-29-16-23(28)26-18-7-5-8-20(12-18)30-15-19-13-27-11-4-3-10-22(27)25-19/h1-13H,14-16H2,(H,26,28). The first-order valence-corrected chi connectivity index (χ1v) is 9.82. The summed E-state index contributed by atoms with van der Waals surface area (Å²) >= 11 is 6.08. The number of ether oxygens (including phenoxy) is 2.